The highest BCUT2D eigenvalue weighted by atomic mass is 16.5. The van der Waals surface area contributed by atoms with Gasteiger partial charge in [-0.25, -0.2) is 9.97 Å². The van der Waals surface area contributed by atoms with Crippen LogP contribution in [0.3, 0.4) is 0 Å². The normalized spacial score (nSPS) is 10.2. The summed E-state index contributed by atoms with van der Waals surface area (Å²) in [4.78, 5) is 20.8. The Bertz CT molecular complexity index is 929. The van der Waals surface area contributed by atoms with Crippen LogP contribution >= 0.6 is 0 Å². The number of hydrogen-bond acceptors (Lipinski definition) is 6. The zero-order chi connectivity index (χ0) is 19.8. The van der Waals surface area contributed by atoms with Gasteiger partial charge in [0.2, 0.25) is 0 Å². The second kappa shape index (κ2) is 9.36. The molecule has 2 aromatic carbocycles. The molecule has 1 heterocycles. The molecule has 0 bridgehead atoms. The minimum Gasteiger partial charge on any atom is -0.497 e. The Morgan fingerprint density at radius 1 is 1.07 bits per heavy atom. The van der Waals surface area contributed by atoms with Crippen molar-refractivity contribution in [3.05, 3.63) is 72.2 Å². The summed E-state index contributed by atoms with van der Waals surface area (Å²) in [5, 5.41) is 6.02. The highest BCUT2D eigenvalue weighted by molar-refractivity contribution is 6.04. The number of anilines is 2. The first-order valence-electron chi connectivity index (χ1n) is 8.91. The lowest BCUT2D eigenvalue weighted by Crippen LogP contribution is -2.15. The third-order valence-corrected chi connectivity index (χ3v) is 3.97. The van der Waals surface area contributed by atoms with Gasteiger partial charge in [-0.1, -0.05) is 24.3 Å². The van der Waals surface area contributed by atoms with E-state index in [0.29, 0.717) is 30.4 Å². The van der Waals surface area contributed by atoms with E-state index in [1.807, 2.05) is 43.3 Å². The second-order valence-corrected chi connectivity index (χ2v) is 5.87. The number of benzene rings is 2. The van der Waals surface area contributed by atoms with Crippen molar-refractivity contribution in [1.82, 2.24) is 9.97 Å². The van der Waals surface area contributed by atoms with Gasteiger partial charge in [-0.15, -0.1) is 0 Å². The van der Waals surface area contributed by atoms with Crippen molar-refractivity contribution in [2.24, 2.45) is 0 Å². The number of carbonyl (C=O) groups excluding carboxylic acids is 1. The van der Waals surface area contributed by atoms with Gasteiger partial charge in [-0.2, -0.15) is 0 Å². The molecule has 0 aliphatic carbocycles. The summed E-state index contributed by atoms with van der Waals surface area (Å²) in [6.07, 6.45) is 1.36. The molecule has 0 spiro atoms. The van der Waals surface area contributed by atoms with Crippen molar-refractivity contribution >= 4 is 17.4 Å². The molecule has 28 heavy (non-hydrogen) atoms. The SMILES string of the molecule is CCOc1ccccc1NC(=O)c1cc(NCc2ccc(OC)cc2)ncn1. The molecule has 2 N–H and O–H groups in total. The summed E-state index contributed by atoms with van der Waals surface area (Å²) in [5.74, 6) is 1.65. The topological polar surface area (TPSA) is 85.4 Å². The van der Waals surface area contributed by atoms with Crippen LogP contribution in [0.25, 0.3) is 0 Å². The molecular formula is C21H22N4O3. The van der Waals surface area contributed by atoms with E-state index in [0.717, 1.165) is 11.3 Å². The van der Waals surface area contributed by atoms with Crippen molar-refractivity contribution in [2.45, 2.75) is 13.5 Å². The quantitative estimate of drug-likeness (QED) is 0.621. The highest BCUT2D eigenvalue weighted by Gasteiger charge is 2.12. The summed E-state index contributed by atoms with van der Waals surface area (Å²) in [6, 6.07) is 16.6. The second-order valence-electron chi connectivity index (χ2n) is 5.87. The van der Waals surface area contributed by atoms with Gasteiger partial charge >= 0.3 is 0 Å². The number of methoxy groups -OCH3 is 1. The van der Waals surface area contributed by atoms with Gasteiger partial charge in [0.25, 0.3) is 5.91 Å². The summed E-state index contributed by atoms with van der Waals surface area (Å²) >= 11 is 0. The number of amides is 1. The van der Waals surface area contributed by atoms with Crippen LogP contribution in [0.4, 0.5) is 11.5 Å². The summed E-state index contributed by atoms with van der Waals surface area (Å²) in [6.45, 7) is 2.97. The number of carbonyl (C=O) groups is 1. The van der Waals surface area contributed by atoms with Gasteiger partial charge in [-0.05, 0) is 36.8 Å². The van der Waals surface area contributed by atoms with Crippen LogP contribution in [0.1, 0.15) is 23.0 Å². The van der Waals surface area contributed by atoms with E-state index in [-0.39, 0.29) is 11.6 Å². The van der Waals surface area contributed by atoms with Crippen LogP contribution in [0.15, 0.2) is 60.9 Å². The molecule has 0 saturated heterocycles. The van der Waals surface area contributed by atoms with E-state index >= 15 is 0 Å². The maximum absolute atomic E-state index is 12.6. The third-order valence-electron chi connectivity index (χ3n) is 3.97. The van der Waals surface area contributed by atoms with Crippen molar-refractivity contribution < 1.29 is 14.3 Å². The summed E-state index contributed by atoms with van der Waals surface area (Å²) in [5.41, 5.74) is 1.93. The molecule has 1 amide bonds. The molecule has 0 aliphatic rings. The molecule has 0 fully saturated rings. The molecular weight excluding hydrogens is 356 g/mol. The maximum Gasteiger partial charge on any atom is 0.274 e. The number of ether oxygens (including phenoxy) is 2. The molecule has 0 atom stereocenters. The van der Waals surface area contributed by atoms with Crippen LogP contribution in [0.5, 0.6) is 11.5 Å². The minimum absolute atomic E-state index is 0.263. The minimum atomic E-state index is -0.331. The summed E-state index contributed by atoms with van der Waals surface area (Å²) in [7, 11) is 1.63. The van der Waals surface area contributed by atoms with Crippen molar-refractivity contribution in [3.63, 3.8) is 0 Å². The Morgan fingerprint density at radius 3 is 2.61 bits per heavy atom. The standard InChI is InChI=1S/C21H22N4O3/c1-3-28-19-7-5-4-6-17(19)25-21(26)18-12-20(24-14-23-18)22-13-15-8-10-16(27-2)11-9-15/h4-12,14H,3,13H2,1-2H3,(H,25,26)(H,22,23,24). The number of aromatic nitrogens is 2. The Morgan fingerprint density at radius 2 is 1.86 bits per heavy atom. The van der Waals surface area contributed by atoms with E-state index in [4.69, 9.17) is 9.47 Å². The highest BCUT2D eigenvalue weighted by Crippen LogP contribution is 2.24. The molecule has 0 radical (unpaired) electrons. The Balaban J connectivity index is 1.66. The molecule has 0 saturated carbocycles. The molecule has 7 heteroatoms. The number of nitrogens with zero attached hydrogens (tertiary/aromatic N) is 2. The largest absolute Gasteiger partial charge is 0.497 e. The van der Waals surface area contributed by atoms with E-state index in [2.05, 4.69) is 20.6 Å². The molecule has 144 valence electrons. The Hall–Kier alpha value is -3.61. The Kier molecular flexibility index (Phi) is 6.41. The number of rotatable bonds is 8. The molecule has 3 rings (SSSR count). The number of para-hydroxylation sites is 2. The first-order chi connectivity index (χ1) is 13.7. The average Bonchev–Trinajstić information content (AvgIpc) is 2.74. The lowest BCUT2D eigenvalue weighted by Gasteiger charge is -2.11. The zero-order valence-corrected chi connectivity index (χ0v) is 15.8. The lowest BCUT2D eigenvalue weighted by molar-refractivity contribution is 0.102. The third kappa shape index (κ3) is 4.97. The first-order valence-corrected chi connectivity index (χ1v) is 8.91. The molecule has 3 aromatic rings. The molecule has 1 aromatic heterocycles. The Labute approximate surface area is 163 Å². The van der Waals surface area contributed by atoms with Gasteiger partial charge in [0.05, 0.1) is 19.4 Å². The zero-order valence-electron chi connectivity index (χ0n) is 15.8. The fourth-order valence-electron chi connectivity index (χ4n) is 2.55. The average molecular weight is 378 g/mol. The van der Waals surface area contributed by atoms with Crippen LogP contribution in [-0.2, 0) is 6.54 Å². The van der Waals surface area contributed by atoms with E-state index in [1.165, 1.54) is 6.33 Å². The fourth-order valence-corrected chi connectivity index (χ4v) is 2.55. The molecule has 0 aliphatic heterocycles. The summed E-state index contributed by atoms with van der Waals surface area (Å²) < 4.78 is 10.7. The van der Waals surface area contributed by atoms with E-state index in [1.54, 1.807) is 25.3 Å². The van der Waals surface area contributed by atoms with Crippen molar-refractivity contribution in [1.29, 1.82) is 0 Å². The van der Waals surface area contributed by atoms with Crippen molar-refractivity contribution in [3.8, 4) is 11.5 Å². The number of hydrogen-bond donors (Lipinski definition) is 2. The van der Waals surface area contributed by atoms with Crippen molar-refractivity contribution in [2.75, 3.05) is 24.4 Å². The maximum atomic E-state index is 12.6. The lowest BCUT2D eigenvalue weighted by atomic mass is 10.2. The fraction of sp³-hybridized carbons (Fsp3) is 0.190. The van der Waals surface area contributed by atoms with Crippen LogP contribution < -0.4 is 20.1 Å². The van der Waals surface area contributed by atoms with Gasteiger partial charge < -0.3 is 20.1 Å². The predicted octanol–water partition coefficient (Wildman–Crippen LogP) is 3.75. The van der Waals surface area contributed by atoms with E-state index < -0.39 is 0 Å². The smallest absolute Gasteiger partial charge is 0.274 e. The van der Waals surface area contributed by atoms with Gasteiger partial charge in [0, 0.05) is 12.6 Å². The first kappa shape index (κ1) is 19.2. The van der Waals surface area contributed by atoms with Gasteiger partial charge in [0.15, 0.2) is 0 Å². The van der Waals surface area contributed by atoms with Gasteiger partial charge in [-0.3, -0.25) is 4.79 Å². The monoisotopic (exact) mass is 378 g/mol. The molecule has 7 nitrogen and oxygen atoms in total. The van der Waals surface area contributed by atoms with Gasteiger partial charge in [0.1, 0.15) is 29.3 Å². The molecule has 0 unspecified atom stereocenters. The predicted molar refractivity (Wildman–Crippen MR) is 108 cm³/mol. The van der Waals surface area contributed by atoms with E-state index in [9.17, 15) is 4.79 Å². The van der Waals surface area contributed by atoms with Crippen LogP contribution in [-0.4, -0.2) is 29.6 Å². The van der Waals surface area contributed by atoms with Crippen LogP contribution in [0, 0.1) is 0 Å². The van der Waals surface area contributed by atoms with Crippen LogP contribution in [0.2, 0.25) is 0 Å². The number of nitrogens with one attached hydrogen (secondary N) is 2.